The number of hydrogen-bond acceptors (Lipinski definition) is 0. The highest BCUT2D eigenvalue weighted by atomic mass is 31.1. The molecular formula is C8H9P-2. The van der Waals surface area contributed by atoms with Gasteiger partial charge in [-0.15, -0.1) is 0 Å². The maximum Gasteiger partial charge on any atom is -0.0596 e. The van der Waals surface area contributed by atoms with Gasteiger partial charge in [0.25, 0.3) is 0 Å². The summed E-state index contributed by atoms with van der Waals surface area (Å²) in [7, 11) is -0.396. The second-order valence-electron chi connectivity index (χ2n) is 1.88. The molecule has 0 aliphatic rings. The van der Waals surface area contributed by atoms with E-state index < -0.39 is 7.92 Å². The zero-order valence-corrected chi connectivity index (χ0v) is 6.14. The van der Waals surface area contributed by atoms with Crippen LogP contribution in [-0.2, 0) is 0 Å². The summed E-state index contributed by atoms with van der Waals surface area (Å²) >= 11 is 0. The Labute approximate surface area is 57.7 Å². The van der Waals surface area contributed by atoms with Crippen molar-refractivity contribution in [2.24, 2.45) is 0 Å². The first-order valence-corrected chi connectivity index (χ1v) is 4.48. The molecule has 0 heterocycles. The summed E-state index contributed by atoms with van der Waals surface area (Å²) in [6.07, 6.45) is 0. The van der Waals surface area contributed by atoms with Crippen LogP contribution >= 0.6 is 7.92 Å². The second-order valence-corrected chi connectivity index (χ2v) is 3.47. The van der Waals surface area contributed by atoms with E-state index in [4.69, 9.17) is 0 Å². The lowest BCUT2D eigenvalue weighted by molar-refractivity contribution is 1.77. The van der Waals surface area contributed by atoms with Gasteiger partial charge >= 0.3 is 0 Å². The Morgan fingerprint density at radius 3 is 1.89 bits per heavy atom. The van der Waals surface area contributed by atoms with Gasteiger partial charge < -0.3 is 21.3 Å². The van der Waals surface area contributed by atoms with E-state index in [2.05, 4.69) is 25.5 Å². The lowest BCUT2D eigenvalue weighted by Crippen LogP contribution is -1.92. The largest absolute Gasteiger partial charge is 0.406 e. The smallest absolute Gasteiger partial charge is 0.0596 e. The third-order valence-electron chi connectivity index (χ3n) is 1.12. The minimum atomic E-state index is -0.396. The number of hydrogen-bond donors (Lipinski definition) is 0. The molecule has 0 radical (unpaired) electrons. The highest BCUT2D eigenvalue weighted by molar-refractivity contribution is 7.67. The predicted octanol–water partition coefficient (Wildman–Crippen LogP) is 2.38. The molecule has 0 atom stereocenters. The third kappa shape index (κ3) is 1.80. The van der Waals surface area contributed by atoms with Crippen molar-refractivity contribution in [3.63, 3.8) is 0 Å². The minimum absolute atomic E-state index is 0.396. The fourth-order valence-electron chi connectivity index (χ4n) is 0.639. The van der Waals surface area contributed by atoms with E-state index in [0.717, 1.165) is 0 Å². The van der Waals surface area contributed by atoms with Crippen molar-refractivity contribution in [1.29, 1.82) is 0 Å². The number of rotatable bonds is 1. The fraction of sp³-hybridized carbons (Fsp3) is 0. The molecule has 1 aromatic rings. The van der Waals surface area contributed by atoms with Gasteiger partial charge in [0, 0.05) is 0 Å². The molecule has 1 aromatic carbocycles. The van der Waals surface area contributed by atoms with Gasteiger partial charge in [0.1, 0.15) is 0 Å². The first-order valence-electron chi connectivity index (χ1n) is 2.77. The molecule has 0 saturated carbocycles. The monoisotopic (exact) mass is 136 g/mol. The van der Waals surface area contributed by atoms with Gasteiger partial charge in [-0.3, -0.25) is 0 Å². The van der Waals surface area contributed by atoms with Gasteiger partial charge in [-0.05, 0) is 0 Å². The summed E-state index contributed by atoms with van der Waals surface area (Å²) in [4.78, 5) is 0. The summed E-state index contributed by atoms with van der Waals surface area (Å²) in [6, 6.07) is 10.2. The molecule has 48 valence electrons. The molecule has 9 heavy (non-hydrogen) atoms. The third-order valence-corrected chi connectivity index (χ3v) is 2.15. The first kappa shape index (κ1) is 6.77. The predicted molar refractivity (Wildman–Crippen MR) is 43.7 cm³/mol. The van der Waals surface area contributed by atoms with Crippen LogP contribution in [-0.4, -0.2) is 0 Å². The molecule has 0 amide bonds. The van der Waals surface area contributed by atoms with Crippen molar-refractivity contribution >= 4 is 13.2 Å². The van der Waals surface area contributed by atoms with Crippen molar-refractivity contribution < 1.29 is 0 Å². The zero-order chi connectivity index (χ0) is 6.69. The topological polar surface area (TPSA) is 0 Å². The second kappa shape index (κ2) is 2.98. The Morgan fingerprint density at radius 2 is 1.56 bits per heavy atom. The highest BCUT2D eigenvalue weighted by Crippen LogP contribution is 2.27. The first-order chi connectivity index (χ1) is 4.30. The van der Waals surface area contributed by atoms with E-state index in [1.54, 1.807) is 0 Å². The highest BCUT2D eigenvalue weighted by Gasteiger charge is 1.79. The standard InChI is InChI=1S/C8H9P/c1-9(2)8-6-4-3-5-7-8/h3-7H,1-2H2/q-2. The van der Waals surface area contributed by atoms with Crippen LogP contribution in [0, 0.1) is 13.3 Å². The van der Waals surface area contributed by atoms with Crippen LogP contribution in [0.25, 0.3) is 0 Å². The SMILES string of the molecule is [CH2-]P([CH2-])c1ccccc1. The van der Waals surface area contributed by atoms with Gasteiger partial charge in [0.15, 0.2) is 0 Å². The van der Waals surface area contributed by atoms with Gasteiger partial charge in [0.2, 0.25) is 0 Å². The summed E-state index contributed by atoms with van der Waals surface area (Å²) in [6.45, 7) is 7.72. The van der Waals surface area contributed by atoms with Crippen molar-refractivity contribution in [2.75, 3.05) is 0 Å². The Hall–Kier alpha value is -0.350. The Bertz CT molecular complexity index is 167. The van der Waals surface area contributed by atoms with Crippen molar-refractivity contribution in [1.82, 2.24) is 0 Å². The number of benzene rings is 1. The zero-order valence-electron chi connectivity index (χ0n) is 5.25. The molecule has 0 N–H and O–H groups in total. The maximum atomic E-state index is 3.86. The molecule has 1 heteroatoms. The molecule has 0 aliphatic carbocycles. The van der Waals surface area contributed by atoms with Gasteiger partial charge in [0.05, 0.1) is 0 Å². The average molecular weight is 136 g/mol. The van der Waals surface area contributed by atoms with Gasteiger partial charge in [-0.1, -0.05) is 35.6 Å². The van der Waals surface area contributed by atoms with Gasteiger partial charge in [-0.2, -0.15) is 0 Å². The van der Waals surface area contributed by atoms with E-state index in [1.165, 1.54) is 5.30 Å². The van der Waals surface area contributed by atoms with Crippen LogP contribution < -0.4 is 5.30 Å². The van der Waals surface area contributed by atoms with Crippen molar-refractivity contribution in [3.05, 3.63) is 43.7 Å². The molecule has 0 spiro atoms. The lowest BCUT2D eigenvalue weighted by Gasteiger charge is -2.21. The molecule has 0 nitrogen and oxygen atoms in total. The normalized spacial score (nSPS) is 10.1. The molecule has 1 rings (SSSR count). The minimum Gasteiger partial charge on any atom is -0.406 e. The van der Waals surface area contributed by atoms with E-state index >= 15 is 0 Å². The molecule has 0 unspecified atom stereocenters. The lowest BCUT2D eigenvalue weighted by atomic mass is 10.4. The van der Waals surface area contributed by atoms with E-state index in [1.807, 2.05) is 18.2 Å². The molecule has 0 aromatic heterocycles. The van der Waals surface area contributed by atoms with Crippen LogP contribution in [0.3, 0.4) is 0 Å². The van der Waals surface area contributed by atoms with Crippen LogP contribution in [0.5, 0.6) is 0 Å². The molecule has 0 aliphatic heterocycles. The van der Waals surface area contributed by atoms with Crippen molar-refractivity contribution in [2.45, 2.75) is 0 Å². The van der Waals surface area contributed by atoms with E-state index in [-0.39, 0.29) is 0 Å². The molecule has 0 fully saturated rings. The summed E-state index contributed by atoms with van der Waals surface area (Å²) < 4.78 is 0. The summed E-state index contributed by atoms with van der Waals surface area (Å²) in [5.41, 5.74) is 0. The fourth-order valence-corrected chi connectivity index (χ4v) is 1.23. The Kier molecular flexibility index (Phi) is 2.24. The van der Waals surface area contributed by atoms with Crippen molar-refractivity contribution in [3.8, 4) is 0 Å². The summed E-state index contributed by atoms with van der Waals surface area (Å²) in [5.74, 6) is 0. The van der Waals surface area contributed by atoms with Crippen LogP contribution in [0.2, 0.25) is 0 Å². The molecular weight excluding hydrogens is 127 g/mol. The average Bonchev–Trinajstić information content (AvgIpc) is 1.90. The van der Waals surface area contributed by atoms with Gasteiger partial charge in [-0.25, -0.2) is 0 Å². The van der Waals surface area contributed by atoms with Crippen LogP contribution in [0.1, 0.15) is 0 Å². The molecule has 0 saturated heterocycles. The quantitative estimate of drug-likeness (QED) is 0.410. The maximum absolute atomic E-state index is 3.86. The Morgan fingerprint density at radius 1 is 1.00 bits per heavy atom. The van der Waals surface area contributed by atoms with Crippen LogP contribution in [0.15, 0.2) is 30.3 Å². The molecule has 0 bridgehead atoms. The van der Waals surface area contributed by atoms with Crippen LogP contribution in [0.4, 0.5) is 0 Å². The van der Waals surface area contributed by atoms with E-state index in [9.17, 15) is 0 Å². The summed E-state index contributed by atoms with van der Waals surface area (Å²) in [5, 5.41) is 1.26. The van der Waals surface area contributed by atoms with E-state index in [0.29, 0.717) is 0 Å². The Balaban J connectivity index is 2.85.